The standard InChI is InChI=1S/C18H16F2N4O2/c19-12-2-3-14(15(20)10-12)18(4-8-26-9-5-18)23-17(25)13-11-22-24-7-1-6-21-16(13)24/h1-3,6-7,10-11H,4-5,8-9H2,(H,23,25). The smallest absolute Gasteiger partial charge is 0.257 e. The average Bonchev–Trinajstić information content (AvgIpc) is 3.06. The maximum atomic E-state index is 14.5. The van der Waals surface area contributed by atoms with E-state index in [1.807, 2.05) is 0 Å². The van der Waals surface area contributed by atoms with Crippen molar-refractivity contribution in [2.45, 2.75) is 18.4 Å². The molecule has 1 N–H and O–H groups in total. The van der Waals surface area contributed by atoms with E-state index in [-0.39, 0.29) is 5.56 Å². The van der Waals surface area contributed by atoms with Crippen molar-refractivity contribution in [3.8, 4) is 0 Å². The van der Waals surface area contributed by atoms with Crippen LogP contribution in [0.1, 0.15) is 28.8 Å². The van der Waals surface area contributed by atoms with E-state index in [0.29, 0.717) is 37.3 Å². The van der Waals surface area contributed by atoms with Gasteiger partial charge in [0.1, 0.15) is 17.2 Å². The van der Waals surface area contributed by atoms with Gasteiger partial charge < -0.3 is 10.1 Å². The van der Waals surface area contributed by atoms with Gasteiger partial charge in [0.15, 0.2) is 5.65 Å². The monoisotopic (exact) mass is 358 g/mol. The van der Waals surface area contributed by atoms with Gasteiger partial charge in [-0.25, -0.2) is 18.3 Å². The highest BCUT2D eigenvalue weighted by Gasteiger charge is 2.39. The van der Waals surface area contributed by atoms with Crippen LogP contribution in [-0.4, -0.2) is 33.7 Å². The molecule has 1 fully saturated rings. The van der Waals surface area contributed by atoms with Gasteiger partial charge in [-0.1, -0.05) is 6.07 Å². The zero-order chi connectivity index (χ0) is 18.1. The van der Waals surface area contributed by atoms with Crippen molar-refractivity contribution in [3.63, 3.8) is 0 Å². The van der Waals surface area contributed by atoms with E-state index in [1.54, 1.807) is 18.5 Å². The third kappa shape index (κ3) is 2.82. The fraction of sp³-hybridized carbons (Fsp3) is 0.278. The first-order chi connectivity index (χ1) is 12.6. The molecule has 0 spiro atoms. The lowest BCUT2D eigenvalue weighted by molar-refractivity contribution is 0.0333. The highest BCUT2D eigenvalue weighted by Crippen LogP contribution is 2.34. The van der Waals surface area contributed by atoms with Crippen LogP contribution in [0.3, 0.4) is 0 Å². The van der Waals surface area contributed by atoms with Crippen molar-refractivity contribution in [1.29, 1.82) is 0 Å². The summed E-state index contributed by atoms with van der Waals surface area (Å²) >= 11 is 0. The van der Waals surface area contributed by atoms with Crippen LogP contribution < -0.4 is 5.32 Å². The highest BCUT2D eigenvalue weighted by molar-refractivity contribution is 6.00. The number of halogens is 2. The molecule has 0 aliphatic carbocycles. The Kier molecular flexibility index (Phi) is 4.12. The number of fused-ring (bicyclic) bond motifs is 1. The van der Waals surface area contributed by atoms with Gasteiger partial charge in [0.05, 0.1) is 11.7 Å². The zero-order valence-electron chi connectivity index (χ0n) is 13.8. The molecule has 1 aliphatic heterocycles. The summed E-state index contributed by atoms with van der Waals surface area (Å²) in [5.74, 6) is -1.76. The molecular formula is C18H16F2N4O2. The van der Waals surface area contributed by atoms with Gasteiger partial charge in [-0.2, -0.15) is 5.10 Å². The van der Waals surface area contributed by atoms with Crippen molar-refractivity contribution in [2.75, 3.05) is 13.2 Å². The fourth-order valence-electron chi connectivity index (χ4n) is 3.33. The average molecular weight is 358 g/mol. The number of aromatic nitrogens is 3. The molecule has 2 aromatic heterocycles. The SMILES string of the molecule is O=C(NC1(c2ccc(F)cc2F)CCOCC1)c1cnn2cccnc12. The largest absolute Gasteiger partial charge is 0.381 e. The molecule has 1 aliphatic rings. The normalized spacial score (nSPS) is 16.5. The first-order valence-corrected chi connectivity index (χ1v) is 8.23. The molecule has 0 bridgehead atoms. The van der Waals surface area contributed by atoms with E-state index >= 15 is 0 Å². The third-order valence-corrected chi connectivity index (χ3v) is 4.67. The Labute approximate surface area is 147 Å². The Balaban J connectivity index is 1.72. The number of nitrogens with one attached hydrogen (secondary N) is 1. The number of benzene rings is 1. The molecule has 3 aromatic rings. The molecule has 1 saturated heterocycles. The van der Waals surface area contributed by atoms with Gasteiger partial charge >= 0.3 is 0 Å². The summed E-state index contributed by atoms with van der Waals surface area (Å²) in [5, 5.41) is 7.03. The van der Waals surface area contributed by atoms with Crippen LogP contribution in [0.25, 0.3) is 5.65 Å². The molecule has 8 heteroatoms. The van der Waals surface area contributed by atoms with Gasteiger partial charge in [0, 0.05) is 37.2 Å². The van der Waals surface area contributed by atoms with E-state index in [0.717, 1.165) is 6.07 Å². The number of amides is 1. The maximum absolute atomic E-state index is 14.5. The summed E-state index contributed by atoms with van der Waals surface area (Å²) < 4.78 is 34.7. The number of nitrogens with zero attached hydrogens (tertiary/aromatic N) is 3. The van der Waals surface area contributed by atoms with E-state index in [4.69, 9.17) is 4.74 Å². The molecule has 0 saturated carbocycles. The number of carbonyl (C=O) groups is 1. The van der Waals surface area contributed by atoms with Crippen LogP contribution in [0.15, 0.2) is 42.9 Å². The summed E-state index contributed by atoms with van der Waals surface area (Å²) in [6.45, 7) is 0.730. The highest BCUT2D eigenvalue weighted by atomic mass is 19.1. The molecule has 4 rings (SSSR count). The van der Waals surface area contributed by atoms with E-state index < -0.39 is 23.1 Å². The number of ether oxygens (including phenoxy) is 1. The van der Waals surface area contributed by atoms with Gasteiger partial charge in [-0.3, -0.25) is 4.79 Å². The van der Waals surface area contributed by atoms with Crippen LogP contribution >= 0.6 is 0 Å². The van der Waals surface area contributed by atoms with Crippen molar-refractivity contribution in [1.82, 2.24) is 19.9 Å². The minimum absolute atomic E-state index is 0.250. The van der Waals surface area contributed by atoms with Crippen LogP contribution in [0.5, 0.6) is 0 Å². The second-order valence-electron chi connectivity index (χ2n) is 6.22. The first kappa shape index (κ1) is 16.6. The predicted octanol–water partition coefficient (Wildman–Crippen LogP) is 2.44. The van der Waals surface area contributed by atoms with Crippen LogP contribution in [-0.2, 0) is 10.3 Å². The van der Waals surface area contributed by atoms with Gasteiger partial charge in [-0.05, 0) is 25.0 Å². The lowest BCUT2D eigenvalue weighted by Gasteiger charge is -2.38. The van der Waals surface area contributed by atoms with E-state index in [2.05, 4.69) is 15.4 Å². The van der Waals surface area contributed by atoms with E-state index in [9.17, 15) is 13.6 Å². The van der Waals surface area contributed by atoms with Gasteiger partial charge in [0.25, 0.3) is 5.91 Å². The summed E-state index contributed by atoms with van der Waals surface area (Å²) in [7, 11) is 0. The Morgan fingerprint density at radius 1 is 1.27 bits per heavy atom. The Morgan fingerprint density at radius 3 is 2.85 bits per heavy atom. The Hall–Kier alpha value is -2.87. The lowest BCUT2D eigenvalue weighted by atomic mass is 9.82. The Morgan fingerprint density at radius 2 is 2.08 bits per heavy atom. The maximum Gasteiger partial charge on any atom is 0.257 e. The topological polar surface area (TPSA) is 68.5 Å². The Bertz CT molecular complexity index is 967. The summed E-state index contributed by atoms with van der Waals surface area (Å²) in [4.78, 5) is 17.1. The predicted molar refractivity (Wildman–Crippen MR) is 88.5 cm³/mol. The van der Waals surface area contributed by atoms with Crippen LogP contribution in [0.2, 0.25) is 0 Å². The van der Waals surface area contributed by atoms with Gasteiger partial charge in [0.2, 0.25) is 0 Å². The van der Waals surface area contributed by atoms with Gasteiger partial charge in [-0.15, -0.1) is 0 Å². The summed E-state index contributed by atoms with van der Waals surface area (Å²) in [5.41, 5.74) is -0.0263. The molecule has 1 aromatic carbocycles. The van der Waals surface area contributed by atoms with Crippen LogP contribution in [0.4, 0.5) is 8.78 Å². The number of hydrogen-bond acceptors (Lipinski definition) is 4. The number of rotatable bonds is 3. The molecule has 26 heavy (non-hydrogen) atoms. The lowest BCUT2D eigenvalue weighted by Crippen LogP contribution is -2.50. The summed E-state index contributed by atoms with van der Waals surface area (Å²) in [6, 6.07) is 5.11. The molecule has 1 amide bonds. The molecule has 134 valence electrons. The molecule has 3 heterocycles. The van der Waals surface area contributed by atoms with Crippen molar-refractivity contribution in [3.05, 3.63) is 65.6 Å². The van der Waals surface area contributed by atoms with Crippen molar-refractivity contribution < 1.29 is 18.3 Å². The number of carbonyl (C=O) groups excluding carboxylic acids is 1. The molecule has 0 unspecified atom stereocenters. The minimum atomic E-state index is -0.976. The summed E-state index contributed by atoms with van der Waals surface area (Å²) in [6.07, 6.45) is 5.44. The van der Waals surface area contributed by atoms with Crippen molar-refractivity contribution >= 4 is 11.6 Å². The van der Waals surface area contributed by atoms with E-state index in [1.165, 1.54) is 22.8 Å². The number of hydrogen-bond donors (Lipinski definition) is 1. The molecule has 0 atom stereocenters. The van der Waals surface area contributed by atoms with Crippen LogP contribution in [0, 0.1) is 11.6 Å². The second kappa shape index (κ2) is 6.45. The quantitative estimate of drug-likeness (QED) is 0.781. The molecule has 6 nitrogen and oxygen atoms in total. The molecular weight excluding hydrogens is 342 g/mol. The second-order valence-corrected chi connectivity index (χ2v) is 6.22. The third-order valence-electron chi connectivity index (χ3n) is 4.67. The molecule has 0 radical (unpaired) electrons. The fourth-order valence-corrected chi connectivity index (χ4v) is 3.33. The minimum Gasteiger partial charge on any atom is -0.381 e. The first-order valence-electron chi connectivity index (χ1n) is 8.23. The van der Waals surface area contributed by atoms with Crippen molar-refractivity contribution in [2.24, 2.45) is 0 Å². The zero-order valence-corrected chi connectivity index (χ0v) is 13.8.